The zero-order valence-electron chi connectivity index (χ0n) is 17.8. The summed E-state index contributed by atoms with van der Waals surface area (Å²) in [4.78, 5) is 4.97. The maximum atomic E-state index is 10.8. The van der Waals surface area contributed by atoms with Crippen LogP contribution in [-0.4, -0.2) is 47.5 Å². The molecule has 2 aliphatic rings. The van der Waals surface area contributed by atoms with Crippen molar-refractivity contribution in [2.45, 2.75) is 36.5 Å². The van der Waals surface area contributed by atoms with E-state index in [1.54, 1.807) is 0 Å². The fourth-order valence-corrected chi connectivity index (χ4v) is 6.13. The van der Waals surface area contributed by atoms with Crippen molar-refractivity contribution < 1.29 is 0 Å². The van der Waals surface area contributed by atoms with Gasteiger partial charge in [0.05, 0.1) is 11.3 Å². The van der Waals surface area contributed by atoms with Crippen LogP contribution in [0.15, 0.2) is 66.4 Å². The van der Waals surface area contributed by atoms with Gasteiger partial charge in [-0.2, -0.15) is 17.0 Å². The second-order valence-corrected chi connectivity index (χ2v) is 9.17. The predicted octanol–water partition coefficient (Wildman–Crippen LogP) is 5.37. The van der Waals surface area contributed by atoms with E-state index < -0.39 is 5.54 Å². The quantitative estimate of drug-likeness (QED) is 0.606. The number of nitriles is 1. The molecule has 0 aromatic heterocycles. The molecule has 0 amide bonds. The van der Waals surface area contributed by atoms with Crippen molar-refractivity contribution >= 4 is 17.8 Å². The van der Waals surface area contributed by atoms with Gasteiger partial charge in [-0.15, -0.1) is 0 Å². The van der Waals surface area contributed by atoms with Gasteiger partial charge in [0.15, 0.2) is 5.54 Å². The van der Waals surface area contributed by atoms with E-state index in [1.807, 2.05) is 17.8 Å². The fraction of sp³-hybridized carbons (Fsp3) is 0.423. The number of rotatable bonds is 7. The molecule has 2 aromatic rings. The summed E-state index contributed by atoms with van der Waals surface area (Å²) in [7, 11) is 0. The molecule has 2 saturated heterocycles. The van der Waals surface area contributed by atoms with E-state index in [9.17, 15) is 5.26 Å². The van der Waals surface area contributed by atoms with Crippen LogP contribution in [0, 0.1) is 11.3 Å². The maximum Gasteiger partial charge on any atom is 0.152 e. The van der Waals surface area contributed by atoms with Crippen molar-refractivity contribution in [3.8, 4) is 6.07 Å². The molecule has 2 unspecified atom stereocenters. The zero-order valence-corrected chi connectivity index (χ0v) is 18.7. The second kappa shape index (κ2) is 9.73. The van der Waals surface area contributed by atoms with Crippen LogP contribution in [0.4, 0.5) is 0 Å². The van der Waals surface area contributed by atoms with Gasteiger partial charge in [0.1, 0.15) is 0 Å². The number of benzene rings is 2. The first-order chi connectivity index (χ1) is 14.8. The largest absolute Gasteiger partial charge is 0.374 e. The lowest BCUT2D eigenvalue weighted by Crippen LogP contribution is -2.53. The van der Waals surface area contributed by atoms with E-state index in [2.05, 4.69) is 82.8 Å². The normalized spacial score (nSPS) is 20.7. The molecule has 0 aliphatic carbocycles. The second-order valence-electron chi connectivity index (χ2n) is 8.23. The summed E-state index contributed by atoms with van der Waals surface area (Å²) in [5.74, 6) is 0. The third-order valence-corrected chi connectivity index (χ3v) is 7.51. The average Bonchev–Trinajstić information content (AvgIpc) is 3.52. The molecular formula is C26H31N3S. The molecule has 156 valence electrons. The highest BCUT2D eigenvalue weighted by molar-refractivity contribution is 7.99. The Bertz CT molecular complexity index is 877. The fourth-order valence-electron chi connectivity index (χ4n) is 4.99. The summed E-state index contributed by atoms with van der Waals surface area (Å²) in [6.07, 6.45) is 9.28. The van der Waals surface area contributed by atoms with Gasteiger partial charge in [0, 0.05) is 31.9 Å². The summed E-state index contributed by atoms with van der Waals surface area (Å²) >= 11 is 1.82. The van der Waals surface area contributed by atoms with Gasteiger partial charge in [0.25, 0.3) is 0 Å². The van der Waals surface area contributed by atoms with Crippen LogP contribution >= 0.6 is 11.8 Å². The topological polar surface area (TPSA) is 30.3 Å². The number of hydrogen-bond acceptors (Lipinski definition) is 4. The van der Waals surface area contributed by atoms with E-state index in [0.717, 1.165) is 31.7 Å². The lowest BCUT2D eigenvalue weighted by Gasteiger charge is -2.44. The Labute approximate surface area is 185 Å². The standard InChI is InChI=1S/C26H31N3S/c1-30-25(24(28-16-8-9-17-28)20-22-12-4-2-5-13-22)26(21-27,29-18-10-11-19-29)23-14-6-3-7-15-23/h2-7,12-15,20,25H,8-11,16-19H2,1H3/b24-20-. The monoisotopic (exact) mass is 417 g/mol. The molecule has 0 N–H and O–H groups in total. The summed E-state index contributed by atoms with van der Waals surface area (Å²) < 4.78 is 0. The van der Waals surface area contributed by atoms with Gasteiger partial charge in [0.2, 0.25) is 0 Å². The van der Waals surface area contributed by atoms with Crippen LogP contribution in [0.25, 0.3) is 6.08 Å². The van der Waals surface area contributed by atoms with Crippen molar-refractivity contribution in [1.29, 1.82) is 5.26 Å². The smallest absolute Gasteiger partial charge is 0.152 e. The van der Waals surface area contributed by atoms with Gasteiger partial charge < -0.3 is 4.90 Å². The molecule has 4 rings (SSSR count). The van der Waals surface area contributed by atoms with E-state index in [-0.39, 0.29) is 5.25 Å². The van der Waals surface area contributed by atoms with Crippen LogP contribution in [0.3, 0.4) is 0 Å². The third kappa shape index (κ3) is 4.02. The Morgan fingerprint density at radius 1 is 0.933 bits per heavy atom. The van der Waals surface area contributed by atoms with Crippen LogP contribution in [0.5, 0.6) is 0 Å². The third-order valence-electron chi connectivity index (χ3n) is 6.46. The molecule has 0 bridgehead atoms. The molecule has 2 fully saturated rings. The minimum absolute atomic E-state index is 0.0429. The van der Waals surface area contributed by atoms with Crippen LogP contribution in [-0.2, 0) is 5.54 Å². The van der Waals surface area contributed by atoms with E-state index in [0.29, 0.717) is 0 Å². The Morgan fingerprint density at radius 2 is 1.50 bits per heavy atom. The highest BCUT2D eigenvalue weighted by Gasteiger charge is 2.49. The van der Waals surface area contributed by atoms with Crippen molar-refractivity contribution in [1.82, 2.24) is 9.80 Å². The van der Waals surface area contributed by atoms with Crippen molar-refractivity contribution in [3.05, 3.63) is 77.5 Å². The maximum absolute atomic E-state index is 10.8. The Kier molecular flexibility index (Phi) is 6.82. The summed E-state index contributed by atoms with van der Waals surface area (Å²) in [6, 6.07) is 23.9. The lowest BCUT2D eigenvalue weighted by molar-refractivity contribution is 0.168. The molecule has 2 aromatic carbocycles. The van der Waals surface area contributed by atoms with Gasteiger partial charge >= 0.3 is 0 Å². The molecule has 4 heteroatoms. The molecule has 0 saturated carbocycles. The van der Waals surface area contributed by atoms with Crippen LogP contribution in [0.1, 0.15) is 36.8 Å². The number of nitrogens with zero attached hydrogens (tertiary/aromatic N) is 3. The van der Waals surface area contributed by atoms with E-state index in [4.69, 9.17) is 0 Å². The Balaban J connectivity index is 1.87. The van der Waals surface area contributed by atoms with Gasteiger partial charge in [-0.3, -0.25) is 4.90 Å². The lowest BCUT2D eigenvalue weighted by atomic mass is 9.83. The zero-order chi connectivity index (χ0) is 20.8. The molecular weight excluding hydrogens is 386 g/mol. The average molecular weight is 418 g/mol. The minimum Gasteiger partial charge on any atom is -0.374 e. The van der Waals surface area contributed by atoms with Crippen molar-refractivity contribution in [3.63, 3.8) is 0 Å². The van der Waals surface area contributed by atoms with Crippen molar-refractivity contribution in [2.24, 2.45) is 0 Å². The highest BCUT2D eigenvalue weighted by atomic mass is 32.2. The molecule has 30 heavy (non-hydrogen) atoms. The van der Waals surface area contributed by atoms with Crippen LogP contribution < -0.4 is 0 Å². The Morgan fingerprint density at radius 3 is 2.07 bits per heavy atom. The molecule has 0 spiro atoms. The molecule has 3 nitrogen and oxygen atoms in total. The number of hydrogen-bond donors (Lipinski definition) is 0. The molecule has 2 aliphatic heterocycles. The summed E-state index contributed by atoms with van der Waals surface area (Å²) in [6.45, 7) is 4.12. The highest BCUT2D eigenvalue weighted by Crippen LogP contribution is 2.44. The Hall–Kier alpha value is -2.22. The summed E-state index contributed by atoms with van der Waals surface area (Å²) in [5.41, 5.74) is 2.95. The number of thioether (sulfide) groups is 1. The molecule has 2 atom stereocenters. The first-order valence-electron chi connectivity index (χ1n) is 11.1. The predicted molar refractivity (Wildman–Crippen MR) is 127 cm³/mol. The number of likely N-dealkylation sites (tertiary alicyclic amines) is 2. The SMILES string of the molecule is CSC(/C(=C/c1ccccc1)N1CCCC1)C(C#N)(c1ccccc1)N1CCCC1. The molecule has 2 heterocycles. The van der Waals surface area contributed by atoms with Gasteiger partial charge in [-0.25, -0.2) is 0 Å². The summed E-state index contributed by atoms with van der Waals surface area (Å²) in [5, 5.41) is 10.8. The first kappa shape index (κ1) is 21.0. The van der Waals surface area contributed by atoms with Crippen molar-refractivity contribution in [2.75, 3.05) is 32.4 Å². The van der Waals surface area contributed by atoms with E-state index >= 15 is 0 Å². The van der Waals surface area contributed by atoms with Gasteiger partial charge in [-0.1, -0.05) is 60.7 Å². The molecule has 0 radical (unpaired) electrons. The van der Waals surface area contributed by atoms with Crippen LogP contribution in [0.2, 0.25) is 0 Å². The van der Waals surface area contributed by atoms with E-state index in [1.165, 1.54) is 36.9 Å². The van der Waals surface area contributed by atoms with Gasteiger partial charge in [-0.05, 0) is 49.1 Å². The first-order valence-corrected chi connectivity index (χ1v) is 12.3. The minimum atomic E-state index is -0.666.